The van der Waals surface area contributed by atoms with Crippen LogP contribution in [0, 0.1) is 0 Å². The number of hydrogen-bond donors (Lipinski definition) is 2. The van der Waals surface area contributed by atoms with Gasteiger partial charge in [0.1, 0.15) is 0 Å². The molecule has 3 nitrogen and oxygen atoms in total. The van der Waals surface area contributed by atoms with E-state index in [0.29, 0.717) is 0 Å². The molecule has 1 atom stereocenters. The second-order valence-corrected chi connectivity index (χ2v) is 2.88. The average Bonchev–Trinajstić information content (AvgIpc) is 2.20. The summed E-state index contributed by atoms with van der Waals surface area (Å²) in [5, 5.41) is 0. The molecule has 13 heavy (non-hydrogen) atoms. The van der Waals surface area contributed by atoms with Crippen LogP contribution in [0.3, 0.4) is 0 Å². The van der Waals surface area contributed by atoms with Crippen molar-refractivity contribution in [3.63, 3.8) is 0 Å². The van der Waals surface area contributed by atoms with Crippen LogP contribution in [0.2, 0.25) is 0 Å². The molecule has 1 aromatic carbocycles. The first-order chi connectivity index (χ1) is 6.36. The van der Waals surface area contributed by atoms with Crippen molar-refractivity contribution < 1.29 is 4.79 Å². The fourth-order valence-corrected chi connectivity index (χ4v) is 1.28. The average molecular weight is 174 g/mol. The zero-order chi connectivity index (χ0) is 9.10. The summed E-state index contributed by atoms with van der Waals surface area (Å²) in [7, 11) is 0. The van der Waals surface area contributed by atoms with Gasteiger partial charge in [-0.05, 0) is 5.56 Å². The monoisotopic (exact) mass is 174 g/mol. The van der Waals surface area contributed by atoms with E-state index in [-0.39, 0.29) is 11.9 Å². The maximum atomic E-state index is 10.8. The Kier molecular flexibility index (Phi) is 2.10. The highest BCUT2D eigenvalue weighted by molar-refractivity contribution is 5.88. The van der Waals surface area contributed by atoms with E-state index in [4.69, 9.17) is 0 Å². The third-order valence-corrected chi connectivity index (χ3v) is 1.95. The van der Waals surface area contributed by atoms with E-state index in [0.717, 1.165) is 5.56 Å². The van der Waals surface area contributed by atoms with Gasteiger partial charge in [0, 0.05) is 6.08 Å². The number of hydrazine groups is 1. The minimum atomic E-state index is -0.104. The Labute approximate surface area is 76.4 Å². The minimum absolute atomic E-state index is 0.0823. The summed E-state index contributed by atoms with van der Waals surface area (Å²) in [6.07, 6.45) is 3.38. The van der Waals surface area contributed by atoms with Gasteiger partial charge >= 0.3 is 0 Å². The minimum Gasteiger partial charge on any atom is -0.287 e. The van der Waals surface area contributed by atoms with Gasteiger partial charge in [0.2, 0.25) is 0 Å². The lowest BCUT2D eigenvalue weighted by Gasteiger charge is -2.18. The highest BCUT2D eigenvalue weighted by atomic mass is 16.2. The van der Waals surface area contributed by atoms with Crippen molar-refractivity contribution in [3.05, 3.63) is 48.0 Å². The zero-order valence-electron chi connectivity index (χ0n) is 7.03. The summed E-state index contributed by atoms with van der Waals surface area (Å²) in [5.74, 6) is -0.104. The maximum Gasteiger partial charge on any atom is 0.257 e. The second kappa shape index (κ2) is 3.41. The van der Waals surface area contributed by atoms with Crippen molar-refractivity contribution in [1.82, 2.24) is 10.9 Å². The molecule has 0 spiro atoms. The van der Waals surface area contributed by atoms with Crippen LogP contribution in [-0.2, 0) is 4.79 Å². The van der Waals surface area contributed by atoms with Gasteiger partial charge < -0.3 is 0 Å². The lowest BCUT2D eigenvalue weighted by molar-refractivity contribution is -0.118. The molecule has 66 valence electrons. The van der Waals surface area contributed by atoms with Gasteiger partial charge in [-0.3, -0.25) is 10.2 Å². The van der Waals surface area contributed by atoms with Crippen LogP contribution in [-0.4, -0.2) is 5.91 Å². The van der Waals surface area contributed by atoms with Gasteiger partial charge in [-0.1, -0.05) is 36.4 Å². The van der Waals surface area contributed by atoms with E-state index in [2.05, 4.69) is 10.9 Å². The van der Waals surface area contributed by atoms with Gasteiger partial charge in [-0.25, -0.2) is 5.43 Å². The van der Waals surface area contributed by atoms with Crippen molar-refractivity contribution in [2.45, 2.75) is 6.04 Å². The SMILES string of the molecule is O=C1C=CC(c2ccccc2)NN1. The highest BCUT2D eigenvalue weighted by Crippen LogP contribution is 2.14. The Morgan fingerprint density at radius 2 is 1.92 bits per heavy atom. The Morgan fingerprint density at radius 1 is 1.15 bits per heavy atom. The first kappa shape index (κ1) is 8.01. The van der Waals surface area contributed by atoms with Crippen molar-refractivity contribution >= 4 is 5.91 Å². The standard InChI is InChI=1S/C10H10N2O/c13-10-7-6-9(11-12-10)8-4-2-1-3-5-8/h1-7,9,11H,(H,12,13). The lowest BCUT2D eigenvalue weighted by atomic mass is 10.1. The number of benzene rings is 1. The molecular formula is C10H10N2O. The molecule has 1 aromatic rings. The third-order valence-electron chi connectivity index (χ3n) is 1.95. The molecule has 0 aromatic heterocycles. The summed E-state index contributed by atoms with van der Waals surface area (Å²) in [6, 6.07) is 10.0. The molecule has 1 aliphatic rings. The molecule has 1 aliphatic heterocycles. The predicted molar refractivity (Wildman–Crippen MR) is 49.6 cm³/mol. The molecule has 1 amide bonds. The Balaban J connectivity index is 2.20. The normalized spacial score (nSPS) is 21.2. The number of rotatable bonds is 1. The Hall–Kier alpha value is -1.61. The van der Waals surface area contributed by atoms with Crippen molar-refractivity contribution in [1.29, 1.82) is 0 Å². The molecule has 2 N–H and O–H groups in total. The van der Waals surface area contributed by atoms with Crippen LogP contribution in [0.15, 0.2) is 42.5 Å². The van der Waals surface area contributed by atoms with Crippen LogP contribution in [0.4, 0.5) is 0 Å². The fraction of sp³-hybridized carbons (Fsp3) is 0.100. The summed E-state index contributed by atoms with van der Waals surface area (Å²) >= 11 is 0. The first-order valence-corrected chi connectivity index (χ1v) is 4.15. The highest BCUT2D eigenvalue weighted by Gasteiger charge is 2.11. The van der Waals surface area contributed by atoms with Crippen molar-refractivity contribution in [2.75, 3.05) is 0 Å². The van der Waals surface area contributed by atoms with Gasteiger partial charge in [0.05, 0.1) is 6.04 Å². The summed E-state index contributed by atoms with van der Waals surface area (Å²) in [5.41, 5.74) is 6.59. The lowest BCUT2D eigenvalue weighted by Crippen LogP contribution is -2.41. The Bertz CT molecular complexity index is 332. The van der Waals surface area contributed by atoms with Crippen LogP contribution in [0.5, 0.6) is 0 Å². The number of nitrogens with one attached hydrogen (secondary N) is 2. The molecular weight excluding hydrogens is 164 g/mol. The van der Waals surface area contributed by atoms with Crippen molar-refractivity contribution in [2.24, 2.45) is 0 Å². The molecule has 0 aliphatic carbocycles. The number of amides is 1. The van der Waals surface area contributed by atoms with Crippen molar-refractivity contribution in [3.8, 4) is 0 Å². The van der Waals surface area contributed by atoms with Crippen LogP contribution in [0.25, 0.3) is 0 Å². The van der Waals surface area contributed by atoms with E-state index in [9.17, 15) is 4.79 Å². The smallest absolute Gasteiger partial charge is 0.257 e. The topological polar surface area (TPSA) is 41.1 Å². The fourth-order valence-electron chi connectivity index (χ4n) is 1.28. The number of carbonyl (C=O) groups excluding carboxylic acids is 1. The third kappa shape index (κ3) is 1.76. The largest absolute Gasteiger partial charge is 0.287 e. The maximum absolute atomic E-state index is 10.8. The molecule has 3 heteroatoms. The van der Waals surface area contributed by atoms with E-state index in [1.54, 1.807) is 0 Å². The molecule has 2 rings (SSSR count). The Morgan fingerprint density at radius 3 is 2.54 bits per heavy atom. The first-order valence-electron chi connectivity index (χ1n) is 4.15. The molecule has 0 bridgehead atoms. The molecule has 0 saturated carbocycles. The molecule has 0 saturated heterocycles. The molecule has 0 radical (unpaired) electrons. The zero-order valence-corrected chi connectivity index (χ0v) is 7.03. The van der Waals surface area contributed by atoms with Crippen LogP contribution >= 0.6 is 0 Å². The van der Waals surface area contributed by atoms with Gasteiger partial charge in [0.25, 0.3) is 5.91 Å². The number of hydrogen-bond acceptors (Lipinski definition) is 2. The molecule has 0 fully saturated rings. The summed E-state index contributed by atoms with van der Waals surface area (Å²) in [6.45, 7) is 0. The van der Waals surface area contributed by atoms with Gasteiger partial charge in [-0.15, -0.1) is 0 Å². The van der Waals surface area contributed by atoms with Crippen LogP contribution in [0.1, 0.15) is 11.6 Å². The van der Waals surface area contributed by atoms with Gasteiger partial charge in [0.15, 0.2) is 0 Å². The predicted octanol–water partition coefficient (Wildman–Crippen LogP) is 0.918. The molecule has 1 heterocycles. The second-order valence-electron chi connectivity index (χ2n) is 2.88. The quantitative estimate of drug-likeness (QED) is 0.664. The van der Waals surface area contributed by atoms with Crippen LogP contribution < -0.4 is 10.9 Å². The summed E-state index contributed by atoms with van der Waals surface area (Å²) in [4.78, 5) is 10.8. The van der Waals surface area contributed by atoms with E-state index in [1.807, 2.05) is 36.4 Å². The number of carbonyl (C=O) groups is 1. The molecule has 1 unspecified atom stereocenters. The van der Waals surface area contributed by atoms with Gasteiger partial charge in [-0.2, -0.15) is 0 Å². The summed E-state index contributed by atoms with van der Waals surface area (Å²) < 4.78 is 0. The van der Waals surface area contributed by atoms with E-state index < -0.39 is 0 Å². The van der Waals surface area contributed by atoms with E-state index in [1.165, 1.54) is 6.08 Å². The van der Waals surface area contributed by atoms with E-state index >= 15 is 0 Å².